The Morgan fingerprint density at radius 2 is 2.29 bits per heavy atom. The fourth-order valence-corrected chi connectivity index (χ4v) is 2.31. The van der Waals surface area contributed by atoms with Gasteiger partial charge in [0.05, 0.1) is 23.0 Å². The van der Waals surface area contributed by atoms with Gasteiger partial charge in [-0.2, -0.15) is 0 Å². The Balaban J connectivity index is 2.60. The Bertz CT molecular complexity index is 577. The third-order valence-corrected chi connectivity index (χ3v) is 3.28. The number of aliphatic carboxylic acids is 1. The van der Waals surface area contributed by atoms with Crippen LogP contribution in [0.1, 0.15) is 23.7 Å². The number of carbonyl (C=O) groups is 1. The van der Waals surface area contributed by atoms with Crippen LogP contribution in [0.4, 0.5) is 0 Å². The van der Waals surface area contributed by atoms with E-state index in [0.717, 1.165) is 16.8 Å². The van der Waals surface area contributed by atoms with Crippen LogP contribution < -0.4 is 5.73 Å². The molecule has 5 heteroatoms. The van der Waals surface area contributed by atoms with Crippen molar-refractivity contribution in [2.24, 2.45) is 5.73 Å². The number of carboxylic acids is 1. The normalized spacial score (nSPS) is 12.9. The molecule has 17 heavy (non-hydrogen) atoms. The van der Waals surface area contributed by atoms with Crippen LogP contribution in [0.3, 0.4) is 0 Å². The minimum atomic E-state index is -0.918. The molecule has 0 radical (unpaired) electrons. The molecule has 0 bridgehead atoms. The van der Waals surface area contributed by atoms with Gasteiger partial charge in [0.25, 0.3) is 0 Å². The molecule has 0 aliphatic carbocycles. The third kappa shape index (κ3) is 2.01. The minimum absolute atomic E-state index is 0.113. The van der Waals surface area contributed by atoms with Crippen LogP contribution in [0.25, 0.3) is 5.52 Å². The summed E-state index contributed by atoms with van der Waals surface area (Å²) in [6.07, 6.45) is 1.73. The Hall–Kier alpha value is -1.52. The molecule has 0 amide bonds. The quantitative estimate of drug-likeness (QED) is 0.881. The number of fused-ring (bicyclic) bond motifs is 1. The van der Waals surface area contributed by atoms with Gasteiger partial charge in [-0.1, -0.05) is 17.7 Å². The zero-order valence-corrected chi connectivity index (χ0v) is 10.1. The van der Waals surface area contributed by atoms with Gasteiger partial charge >= 0.3 is 5.97 Å². The molecule has 0 saturated heterocycles. The lowest BCUT2D eigenvalue weighted by molar-refractivity contribution is -0.137. The third-order valence-electron chi connectivity index (χ3n) is 2.80. The van der Waals surface area contributed by atoms with E-state index in [-0.39, 0.29) is 6.42 Å². The van der Waals surface area contributed by atoms with Gasteiger partial charge in [0.15, 0.2) is 0 Å². The predicted octanol–water partition coefficient (Wildman–Crippen LogP) is 2.38. The molecule has 0 aliphatic rings. The summed E-state index contributed by atoms with van der Waals surface area (Å²) in [5.41, 5.74) is 8.36. The van der Waals surface area contributed by atoms with Crippen LogP contribution in [0.2, 0.25) is 5.02 Å². The van der Waals surface area contributed by atoms with Crippen LogP contribution in [-0.4, -0.2) is 15.5 Å². The number of nitrogens with zero attached hydrogens (tertiary/aromatic N) is 1. The van der Waals surface area contributed by atoms with Gasteiger partial charge < -0.3 is 15.2 Å². The van der Waals surface area contributed by atoms with Crippen molar-refractivity contribution in [1.29, 1.82) is 0 Å². The van der Waals surface area contributed by atoms with Crippen molar-refractivity contribution in [1.82, 2.24) is 4.40 Å². The average Bonchev–Trinajstić information content (AvgIpc) is 2.51. The van der Waals surface area contributed by atoms with Crippen LogP contribution in [-0.2, 0) is 4.79 Å². The van der Waals surface area contributed by atoms with Gasteiger partial charge in [0, 0.05) is 11.9 Å². The number of carboxylic acid groups (broad SMARTS) is 1. The van der Waals surface area contributed by atoms with Crippen LogP contribution in [0, 0.1) is 6.92 Å². The predicted molar refractivity (Wildman–Crippen MR) is 66.3 cm³/mol. The van der Waals surface area contributed by atoms with Gasteiger partial charge in [-0.05, 0) is 24.6 Å². The molecule has 0 saturated carbocycles. The molecule has 0 spiro atoms. The highest BCUT2D eigenvalue weighted by molar-refractivity contribution is 6.34. The zero-order chi connectivity index (χ0) is 12.6. The molecular weight excluding hydrogens is 240 g/mol. The molecule has 2 aromatic heterocycles. The van der Waals surface area contributed by atoms with E-state index >= 15 is 0 Å². The van der Waals surface area contributed by atoms with Crippen LogP contribution in [0.5, 0.6) is 0 Å². The summed E-state index contributed by atoms with van der Waals surface area (Å²) in [5.74, 6) is -0.918. The monoisotopic (exact) mass is 252 g/mol. The molecule has 0 aliphatic heterocycles. The molecule has 1 unspecified atom stereocenters. The summed E-state index contributed by atoms with van der Waals surface area (Å²) in [4.78, 5) is 10.7. The maximum Gasteiger partial charge on any atom is 0.305 e. The van der Waals surface area contributed by atoms with Gasteiger partial charge in [-0.15, -0.1) is 0 Å². The van der Waals surface area contributed by atoms with Crippen LogP contribution >= 0.6 is 11.6 Å². The molecule has 2 heterocycles. The van der Waals surface area contributed by atoms with E-state index < -0.39 is 12.0 Å². The van der Waals surface area contributed by atoms with Crippen molar-refractivity contribution >= 4 is 23.1 Å². The summed E-state index contributed by atoms with van der Waals surface area (Å²) >= 11 is 6.20. The lowest BCUT2D eigenvalue weighted by atomic mass is 10.1. The lowest BCUT2D eigenvalue weighted by Gasteiger charge is -2.11. The first-order valence-electron chi connectivity index (χ1n) is 5.24. The van der Waals surface area contributed by atoms with Crippen molar-refractivity contribution in [3.63, 3.8) is 0 Å². The topological polar surface area (TPSA) is 67.7 Å². The highest BCUT2D eigenvalue weighted by Crippen LogP contribution is 2.31. The Labute approximate surface area is 104 Å². The van der Waals surface area contributed by atoms with Crippen molar-refractivity contribution in [3.05, 3.63) is 40.7 Å². The van der Waals surface area contributed by atoms with E-state index in [1.54, 1.807) is 0 Å². The summed E-state index contributed by atoms with van der Waals surface area (Å²) in [6.45, 7) is 1.85. The van der Waals surface area contributed by atoms with Crippen molar-refractivity contribution in [2.75, 3.05) is 0 Å². The minimum Gasteiger partial charge on any atom is -0.481 e. The second kappa shape index (κ2) is 4.39. The summed E-state index contributed by atoms with van der Waals surface area (Å²) in [6, 6.07) is 5.06. The standard InChI is InChI=1S/C12H13ClN2O2/c1-7-11(13)9-4-2-3-5-15(9)12(7)8(14)6-10(16)17/h2-5,8H,6,14H2,1H3,(H,16,17). The number of nitrogens with two attached hydrogens (primary N) is 1. The molecule has 90 valence electrons. The second-order valence-electron chi connectivity index (χ2n) is 3.98. The smallest absolute Gasteiger partial charge is 0.305 e. The van der Waals surface area contributed by atoms with Crippen molar-refractivity contribution in [2.45, 2.75) is 19.4 Å². The summed E-state index contributed by atoms with van der Waals surface area (Å²) in [7, 11) is 0. The molecule has 0 fully saturated rings. The highest BCUT2D eigenvalue weighted by atomic mass is 35.5. The molecule has 4 nitrogen and oxygen atoms in total. The van der Waals surface area contributed by atoms with E-state index in [1.807, 2.05) is 35.7 Å². The summed E-state index contributed by atoms with van der Waals surface area (Å²) in [5, 5.41) is 9.42. The number of hydrogen-bond acceptors (Lipinski definition) is 2. The maximum absolute atomic E-state index is 10.7. The molecule has 2 rings (SSSR count). The fourth-order valence-electron chi connectivity index (χ4n) is 2.06. The maximum atomic E-state index is 10.7. The molecule has 0 aromatic carbocycles. The highest BCUT2D eigenvalue weighted by Gasteiger charge is 2.20. The van der Waals surface area contributed by atoms with E-state index in [2.05, 4.69) is 0 Å². The first kappa shape index (κ1) is 12.0. The molecule has 3 N–H and O–H groups in total. The van der Waals surface area contributed by atoms with Crippen molar-refractivity contribution in [3.8, 4) is 0 Å². The van der Waals surface area contributed by atoms with E-state index in [0.29, 0.717) is 5.02 Å². The van der Waals surface area contributed by atoms with Crippen LogP contribution in [0.15, 0.2) is 24.4 Å². The number of halogens is 1. The van der Waals surface area contributed by atoms with Gasteiger partial charge in [0.2, 0.25) is 0 Å². The average molecular weight is 253 g/mol. The van der Waals surface area contributed by atoms with Gasteiger partial charge in [-0.3, -0.25) is 4.79 Å². The first-order valence-corrected chi connectivity index (χ1v) is 5.62. The fraction of sp³-hybridized carbons (Fsp3) is 0.250. The van der Waals surface area contributed by atoms with E-state index in [1.165, 1.54) is 0 Å². The van der Waals surface area contributed by atoms with E-state index in [9.17, 15) is 4.79 Å². The lowest BCUT2D eigenvalue weighted by Crippen LogP contribution is -2.17. The molecular formula is C12H13ClN2O2. The zero-order valence-electron chi connectivity index (χ0n) is 9.35. The van der Waals surface area contributed by atoms with E-state index in [4.69, 9.17) is 22.4 Å². The second-order valence-corrected chi connectivity index (χ2v) is 4.36. The van der Waals surface area contributed by atoms with Crippen molar-refractivity contribution < 1.29 is 9.90 Å². The molecule has 1 atom stereocenters. The SMILES string of the molecule is Cc1c(Cl)c2ccccn2c1C(N)CC(=O)O. The number of hydrogen-bond donors (Lipinski definition) is 2. The number of aromatic nitrogens is 1. The largest absolute Gasteiger partial charge is 0.481 e. The first-order chi connectivity index (χ1) is 8.02. The van der Waals surface area contributed by atoms with Gasteiger partial charge in [0.1, 0.15) is 0 Å². The molecule has 2 aromatic rings. The Kier molecular flexibility index (Phi) is 3.09. The number of pyridine rings is 1. The number of rotatable bonds is 3. The summed E-state index contributed by atoms with van der Waals surface area (Å²) < 4.78 is 1.85. The Morgan fingerprint density at radius 1 is 1.59 bits per heavy atom. The van der Waals surface area contributed by atoms with Gasteiger partial charge in [-0.25, -0.2) is 0 Å². The Morgan fingerprint density at radius 3 is 2.94 bits per heavy atom.